The number of hydrogen-bond donors (Lipinski definition) is 3. The molecule has 0 bridgehead atoms. The number of carbonyl (C=O) groups is 3. The number of carboxylic acid groups (broad SMARTS) is 1. The van der Waals surface area contributed by atoms with Crippen molar-refractivity contribution in [1.29, 1.82) is 0 Å². The number of amides is 2. The average molecular weight is 320 g/mol. The molecule has 0 radical (unpaired) electrons. The van der Waals surface area contributed by atoms with Gasteiger partial charge < -0.3 is 15.7 Å². The first kappa shape index (κ1) is 18.7. The van der Waals surface area contributed by atoms with Gasteiger partial charge in [-0.05, 0) is 30.7 Å². The van der Waals surface area contributed by atoms with Crippen LogP contribution in [0.4, 0.5) is 5.69 Å². The van der Waals surface area contributed by atoms with Gasteiger partial charge in [-0.3, -0.25) is 9.59 Å². The molecule has 2 amide bonds. The smallest absolute Gasteiger partial charge is 0.326 e. The minimum Gasteiger partial charge on any atom is -0.480 e. The molecule has 0 spiro atoms. The van der Waals surface area contributed by atoms with Crippen LogP contribution in [0.5, 0.6) is 0 Å². The molecule has 126 valence electrons. The van der Waals surface area contributed by atoms with Crippen molar-refractivity contribution in [3.63, 3.8) is 0 Å². The SMILES string of the molecule is CCCC[C@H](NC(=O)c1ccc(NC(=O)C(C)C)cc1)C(=O)O. The molecule has 0 saturated carbocycles. The van der Waals surface area contributed by atoms with E-state index in [0.29, 0.717) is 17.7 Å². The molecule has 1 atom stereocenters. The summed E-state index contributed by atoms with van der Waals surface area (Å²) >= 11 is 0. The largest absolute Gasteiger partial charge is 0.480 e. The summed E-state index contributed by atoms with van der Waals surface area (Å²) in [6.45, 7) is 5.55. The number of anilines is 1. The minimum atomic E-state index is -1.03. The highest BCUT2D eigenvalue weighted by Crippen LogP contribution is 2.12. The van der Waals surface area contributed by atoms with Gasteiger partial charge in [-0.15, -0.1) is 0 Å². The second kappa shape index (κ2) is 8.92. The van der Waals surface area contributed by atoms with Crippen molar-refractivity contribution in [3.05, 3.63) is 29.8 Å². The lowest BCUT2D eigenvalue weighted by Gasteiger charge is -2.14. The number of aliphatic carboxylic acids is 1. The van der Waals surface area contributed by atoms with Crippen molar-refractivity contribution < 1.29 is 19.5 Å². The summed E-state index contributed by atoms with van der Waals surface area (Å²) in [6, 6.07) is 5.48. The zero-order valence-electron chi connectivity index (χ0n) is 13.8. The van der Waals surface area contributed by atoms with E-state index in [-0.39, 0.29) is 11.8 Å². The van der Waals surface area contributed by atoms with Crippen molar-refractivity contribution in [2.75, 3.05) is 5.32 Å². The minimum absolute atomic E-state index is 0.104. The van der Waals surface area contributed by atoms with Crippen LogP contribution in [0.15, 0.2) is 24.3 Å². The number of rotatable bonds is 8. The number of unbranched alkanes of at least 4 members (excludes halogenated alkanes) is 1. The zero-order valence-corrected chi connectivity index (χ0v) is 13.8. The molecule has 0 aliphatic carbocycles. The standard InChI is InChI=1S/C17H24N2O4/c1-4-5-6-14(17(22)23)19-16(21)12-7-9-13(10-8-12)18-15(20)11(2)3/h7-11,14H,4-6H2,1-3H3,(H,18,20)(H,19,21)(H,22,23)/t14-/m0/s1. The van der Waals surface area contributed by atoms with Crippen molar-refractivity contribution >= 4 is 23.5 Å². The molecule has 1 aromatic carbocycles. The van der Waals surface area contributed by atoms with Gasteiger partial charge in [0.15, 0.2) is 0 Å². The molecular weight excluding hydrogens is 296 g/mol. The van der Waals surface area contributed by atoms with Gasteiger partial charge in [-0.1, -0.05) is 33.6 Å². The summed E-state index contributed by atoms with van der Waals surface area (Å²) < 4.78 is 0. The lowest BCUT2D eigenvalue weighted by Crippen LogP contribution is -2.40. The van der Waals surface area contributed by atoms with Crippen molar-refractivity contribution in [2.24, 2.45) is 5.92 Å². The van der Waals surface area contributed by atoms with Gasteiger partial charge >= 0.3 is 5.97 Å². The number of carbonyl (C=O) groups excluding carboxylic acids is 2. The van der Waals surface area contributed by atoms with Crippen molar-refractivity contribution in [2.45, 2.75) is 46.1 Å². The second-order valence-corrected chi connectivity index (χ2v) is 5.73. The van der Waals surface area contributed by atoms with Crippen LogP contribution in [0.3, 0.4) is 0 Å². The van der Waals surface area contributed by atoms with Crippen LogP contribution in [0.1, 0.15) is 50.4 Å². The summed E-state index contributed by atoms with van der Waals surface area (Å²) in [5, 5.41) is 14.4. The Kier molecular flexibility index (Phi) is 7.25. The molecule has 0 aliphatic rings. The zero-order chi connectivity index (χ0) is 17.4. The van der Waals surface area contributed by atoms with Gasteiger partial charge in [0.2, 0.25) is 5.91 Å². The normalized spacial score (nSPS) is 11.8. The number of nitrogens with one attached hydrogen (secondary N) is 2. The third-order valence-electron chi connectivity index (χ3n) is 3.39. The highest BCUT2D eigenvalue weighted by molar-refractivity contribution is 5.97. The molecule has 0 saturated heterocycles. The van der Waals surface area contributed by atoms with Crippen LogP contribution >= 0.6 is 0 Å². The lowest BCUT2D eigenvalue weighted by atomic mass is 10.1. The van der Waals surface area contributed by atoms with Crippen LogP contribution in [0.2, 0.25) is 0 Å². The van der Waals surface area contributed by atoms with E-state index in [1.807, 2.05) is 6.92 Å². The van der Waals surface area contributed by atoms with Gasteiger partial charge in [0, 0.05) is 17.2 Å². The van der Waals surface area contributed by atoms with E-state index in [2.05, 4.69) is 10.6 Å². The number of benzene rings is 1. The summed E-state index contributed by atoms with van der Waals surface area (Å²) in [5.74, 6) is -1.71. The molecule has 6 heteroatoms. The van der Waals surface area contributed by atoms with Crippen LogP contribution in [0.25, 0.3) is 0 Å². The Hall–Kier alpha value is -2.37. The summed E-state index contributed by atoms with van der Waals surface area (Å²) in [7, 11) is 0. The predicted molar refractivity (Wildman–Crippen MR) is 88.3 cm³/mol. The van der Waals surface area contributed by atoms with Crippen LogP contribution in [-0.4, -0.2) is 28.9 Å². The van der Waals surface area contributed by atoms with E-state index in [1.165, 1.54) is 0 Å². The maximum absolute atomic E-state index is 12.1. The maximum atomic E-state index is 12.1. The van der Waals surface area contributed by atoms with Crippen LogP contribution < -0.4 is 10.6 Å². The fourth-order valence-corrected chi connectivity index (χ4v) is 1.90. The Labute approximate surface area is 136 Å². The highest BCUT2D eigenvalue weighted by atomic mass is 16.4. The van der Waals surface area contributed by atoms with Crippen LogP contribution in [0, 0.1) is 5.92 Å². The molecule has 1 rings (SSSR count). The molecule has 6 nitrogen and oxygen atoms in total. The predicted octanol–water partition coefficient (Wildman–Crippen LogP) is 2.65. The monoisotopic (exact) mass is 320 g/mol. The summed E-state index contributed by atoms with van der Waals surface area (Å²) in [6.07, 6.45) is 2.00. The first-order valence-electron chi connectivity index (χ1n) is 7.79. The fraction of sp³-hybridized carbons (Fsp3) is 0.471. The topological polar surface area (TPSA) is 95.5 Å². The van der Waals surface area contributed by atoms with Crippen molar-refractivity contribution in [1.82, 2.24) is 5.32 Å². The van der Waals surface area contributed by atoms with Gasteiger partial charge in [-0.2, -0.15) is 0 Å². The number of carboxylic acids is 1. The quantitative estimate of drug-likeness (QED) is 0.686. The summed E-state index contributed by atoms with van der Waals surface area (Å²) in [4.78, 5) is 34.8. The second-order valence-electron chi connectivity index (χ2n) is 5.73. The van der Waals surface area contributed by atoms with Crippen LogP contribution in [-0.2, 0) is 9.59 Å². The Morgan fingerprint density at radius 3 is 2.22 bits per heavy atom. The van der Waals surface area contributed by atoms with Gasteiger partial charge in [0.05, 0.1) is 0 Å². The third-order valence-corrected chi connectivity index (χ3v) is 3.39. The molecule has 0 fully saturated rings. The average Bonchev–Trinajstić information content (AvgIpc) is 2.51. The van der Waals surface area contributed by atoms with E-state index >= 15 is 0 Å². The molecular formula is C17H24N2O4. The van der Waals surface area contributed by atoms with E-state index < -0.39 is 17.9 Å². The summed E-state index contributed by atoms with van der Waals surface area (Å²) in [5.41, 5.74) is 0.955. The molecule has 23 heavy (non-hydrogen) atoms. The molecule has 3 N–H and O–H groups in total. The molecule has 0 heterocycles. The maximum Gasteiger partial charge on any atom is 0.326 e. The van der Waals surface area contributed by atoms with E-state index in [0.717, 1.165) is 12.8 Å². The Morgan fingerprint density at radius 2 is 1.74 bits per heavy atom. The first-order valence-corrected chi connectivity index (χ1v) is 7.79. The van der Waals surface area contributed by atoms with Gasteiger partial charge in [0.25, 0.3) is 5.91 Å². The van der Waals surface area contributed by atoms with Gasteiger partial charge in [-0.25, -0.2) is 4.79 Å². The van der Waals surface area contributed by atoms with E-state index in [1.54, 1.807) is 38.1 Å². The number of hydrogen-bond acceptors (Lipinski definition) is 3. The Morgan fingerprint density at radius 1 is 1.13 bits per heavy atom. The Balaban J connectivity index is 2.69. The molecule has 0 aromatic heterocycles. The molecule has 0 unspecified atom stereocenters. The fourth-order valence-electron chi connectivity index (χ4n) is 1.90. The van der Waals surface area contributed by atoms with Crippen molar-refractivity contribution in [3.8, 4) is 0 Å². The van der Waals surface area contributed by atoms with E-state index in [9.17, 15) is 14.4 Å². The first-order chi connectivity index (χ1) is 10.8. The highest BCUT2D eigenvalue weighted by Gasteiger charge is 2.20. The van der Waals surface area contributed by atoms with E-state index in [4.69, 9.17) is 5.11 Å². The molecule has 0 aliphatic heterocycles. The van der Waals surface area contributed by atoms with Gasteiger partial charge in [0.1, 0.15) is 6.04 Å². The lowest BCUT2D eigenvalue weighted by molar-refractivity contribution is -0.139. The third kappa shape index (κ3) is 6.10. The molecule has 1 aromatic rings. The Bertz CT molecular complexity index is 552.